The highest BCUT2D eigenvalue weighted by Crippen LogP contribution is 1.87. The van der Waals surface area contributed by atoms with E-state index in [4.69, 9.17) is 24.4 Å². The van der Waals surface area contributed by atoms with Crippen molar-refractivity contribution in [1.82, 2.24) is 0 Å². The maximum atomic E-state index is 8.65. The molecule has 19 heavy (non-hydrogen) atoms. The van der Waals surface area contributed by atoms with Crippen LogP contribution in [-0.4, -0.2) is 62.6 Å². The van der Waals surface area contributed by atoms with Gasteiger partial charge in [0.15, 0.2) is 0 Å². The van der Waals surface area contributed by atoms with Gasteiger partial charge in [-0.25, -0.2) is 0 Å². The van der Waals surface area contributed by atoms with Crippen LogP contribution in [0, 0.1) is 0 Å². The van der Waals surface area contributed by atoms with E-state index >= 15 is 0 Å². The third kappa shape index (κ3) is 27.1. The van der Waals surface area contributed by atoms with E-state index in [9.17, 15) is 0 Å². The molecule has 0 amide bonds. The van der Waals surface area contributed by atoms with Crippen molar-refractivity contribution in [2.24, 2.45) is 0 Å². The van der Waals surface area contributed by atoms with Gasteiger partial charge in [-0.1, -0.05) is 20.3 Å². The fourth-order valence-corrected chi connectivity index (χ4v) is 1.03. The zero-order chi connectivity index (χ0) is 14.8. The highest BCUT2D eigenvalue weighted by atomic mass is 16.5. The number of hydrogen-bond donors (Lipinski definition) is 2. The predicted molar refractivity (Wildman–Crippen MR) is 76.4 cm³/mol. The lowest BCUT2D eigenvalue weighted by molar-refractivity contribution is 0.0324. The Hall–Kier alpha value is -0.200. The van der Waals surface area contributed by atoms with Gasteiger partial charge >= 0.3 is 0 Å². The van der Waals surface area contributed by atoms with Crippen LogP contribution in [0.1, 0.15) is 40.0 Å². The smallest absolute Gasteiger partial charge is 0.0745 e. The molecule has 0 spiro atoms. The van der Waals surface area contributed by atoms with E-state index in [0.717, 1.165) is 32.5 Å². The Morgan fingerprint density at radius 2 is 1.47 bits per heavy atom. The van der Waals surface area contributed by atoms with Gasteiger partial charge in [0.1, 0.15) is 0 Å². The Morgan fingerprint density at radius 3 is 1.95 bits per heavy atom. The average molecular weight is 280 g/mol. The predicted octanol–water partition coefficient (Wildman–Crippen LogP) is 1.61. The summed E-state index contributed by atoms with van der Waals surface area (Å²) in [5, 5.41) is 17.0. The van der Waals surface area contributed by atoms with Crippen molar-refractivity contribution in [3.63, 3.8) is 0 Å². The second kappa shape index (κ2) is 20.1. The van der Waals surface area contributed by atoms with Crippen molar-refractivity contribution in [2.75, 3.05) is 46.2 Å². The van der Waals surface area contributed by atoms with Crippen molar-refractivity contribution in [1.29, 1.82) is 0 Å². The van der Waals surface area contributed by atoms with Crippen LogP contribution in [0.3, 0.4) is 0 Å². The van der Waals surface area contributed by atoms with Crippen LogP contribution >= 0.6 is 0 Å². The normalized spacial score (nSPS) is 11.8. The van der Waals surface area contributed by atoms with E-state index in [1.54, 1.807) is 6.92 Å². The second-order valence-corrected chi connectivity index (χ2v) is 4.23. The summed E-state index contributed by atoms with van der Waals surface area (Å²) in [5.74, 6) is 0. The third-order valence-corrected chi connectivity index (χ3v) is 1.96. The van der Waals surface area contributed by atoms with E-state index in [0.29, 0.717) is 26.4 Å². The zero-order valence-corrected chi connectivity index (χ0v) is 12.8. The quantitative estimate of drug-likeness (QED) is 0.532. The minimum absolute atomic E-state index is 0.0922. The van der Waals surface area contributed by atoms with Crippen molar-refractivity contribution in [3.05, 3.63) is 0 Å². The topological polar surface area (TPSA) is 68.2 Å². The van der Waals surface area contributed by atoms with Gasteiger partial charge in [0, 0.05) is 13.2 Å². The molecular weight excluding hydrogens is 248 g/mol. The highest BCUT2D eigenvalue weighted by molar-refractivity contribution is 4.39. The monoisotopic (exact) mass is 280 g/mol. The van der Waals surface area contributed by atoms with Crippen LogP contribution in [0.25, 0.3) is 0 Å². The molecule has 1 unspecified atom stereocenters. The van der Waals surface area contributed by atoms with Crippen molar-refractivity contribution < 1.29 is 24.4 Å². The average Bonchev–Trinajstić information content (AvgIpc) is 2.39. The molecule has 5 heteroatoms. The zero-order valence-electron chi connectivity index (χ0n) is 12.8. The van der Waals surface area contributed by atoms with Gasteiger partial charge in [-0.2, -0.15) is 0 Å². The summed E-state index contributed by atoms with van der Waals surface area (Å²) >= 11 is 0. The standard InChI is InChI=1S/C8H18O3.C6H14O2/c1-2-3-5-10-7-8-11-6-4-9;1-3-4-8-5-6(2)7/h9H,2-8H2,1H3;6-7H,3-5H2,1-2H3. The fourth-order valence-electron chi connectivity index (χ4n) is 1.03. The van der Waals surface area contributed by atoms with Crippen LogP contribution in [0.5, 0.6) is 0 Å². The molecule has 0 aromatic heterocycles. The van der Waals surface area contributed by atoms with Crippen molar-refractivity contribution in [2.45, 2.75) is 46.1 Å². The summed E-state index contributed by atoms with van der Waals surface area (Å²) < 4.78 is 15.2. The van der Waals surface area contributed by atoms with Gasteiger partial charge in [-0.15, -0.1) is 0 Å². The summed E-state index contributed by atoms with van der Waals surface area (Å²) in [4.78, 5) is 0. The molecule has 0 aliphatic carbocycles. The molecule has 2 N–H and O–H groups in total. The van der Waals surface area contributed by atoms with Gasteiger partial charge in [-0.05, 0) is 19.8 Å². The maximum Gasteiger partial charge on any atom is 0.0745 e. The Bertz CT molecular complexity index is 134. The lowest BCUT2D eigenvalue weighted by Crippen LogP contribution is -2.10. The highest BCUT2D eigenvalue weighted by Gasteiger charge is 1.91. The Balaban J connectivity index is 0. The number of aliphatic hydroxyl groups is 2. The molecular formula is C14H32O5. The van der Waals surface area contributed by atoms with Crippen molar-refractivity contribution in [3.8, 4) is 0 Å². The lowest BCUT2D eigenvalue weighted by atomic mass is 10.4. The number of unbranched alkanes of at least 4 members (excludes halogenated alkanes) is 1. The van der Waals surface area contributed by atoms with E-state index in [2.05, 4.69) is 6.92 Å². The molecule has 0 aromatic carbocycles. The van der Waals surface area contributed by atoms with Gasteiger partial charge in [-0.3, -0.25) is 0 Å². The second-order valence-electron chi connectivity index (χ2n) is 4.23. The molecule has 0 saturated carbocycles. The van der Waals surface area contributed by atoms with Gasteiger partial charge < -0.3 is 24.4 Å². The fraction of sp³-hybridized carbons (Fsp3) is 1.00. The summed E-state index contributed by atoms with van der Waals surface area (Å²) in [6.07, 6.45) is 2.98. The SMILES string of the molecule is CCCCOCCOCCO.CCCOCC(C)O. The lowest BCUT2D eigenvalue weighted by Gasteiger charge is -2.02. The van der Waals surface area contributed by atoms with Crippen LogP contribution in [0.15, 0.2) is 0 Å². The molecule has 0 saturated heterocycles. The largest absolute Gasteiger partial charge is 0.394 e. The molecule has 0 aliphatic heterocycles. The first-order valence-electron chi connectivity index (χ1n) is 7.21. The van der Waals surface area contributed by atoms with Crippen LogP contribution in [0.4, 0.5) is 0 Å². The molecule has 5 nitrogen and oxygen atoms in total. The van der Waals surface area contributed by atoms with Crippen LogP contribution < -0.4 is 0 Å². The van der Waals surface area contributed by atoms with E-state index in [1.807, 2.05) is 6.92 Å². The van der Waals surface area contributed by atoms with E-state index < -0.39 is 0 Å². The molecule has 1 atom stereocenters. The number of hydrogen-bond acceptors (Lipinski definition) is 5. The summed E-state index contributed by atoms with van der Waals surface area (Å²) in [5.41, 5.74) is 0. The molecule has 0 aliphatic rings. The van der Waals surface area contributed by atoms with Crippen LogP contribution in [-0.2, 0) is 14.2 Å². The van der Waals surface area contributed by atoms with Gasteiger partial charge in [0.25, 0.3) is 0 Å². The van der Waals surface area contributed by atoms with E-state index in [1.165, 1.54) is 0 Å². The molecule has 0 aromatic rings. The van der Waals surface area contributed by atoms with Gasteiger partial charge in [0.2, 0.25) is 0 Å². The maximum absolute atomic E-state index is 8.65. The Morgan fingerprint density at radius 1 is 0.842 bits per heavy atom. The first kappa shape index (κ1) is 21.1. The van der Waals surface area contributed by atoms with Crippen LogP contribution in [0.2, 0.25) is 0 Å². The summed E-state index contributed by atoms with van der Waals surface area (Å²) in [6, 6.07) is 0. The third-order valence-electron chi connectivity index (χ3n) is 1.96. The first-order chi connectivity index (χ1) is 9.18. The minimum Gasteiger partial charge on any atom is -0.394 e. The molecule has 0 fully saturated rings. The Labute approximate surface area is 117 Å². The number of ether oxygens (including phenoxy) is 3. The minimum atomic E-state index is -0.318. The molecule has 0 radical (unpaired) electrons. The Kier molecular flexibility index (Phi) is 22.4. The summed E-state index contributed by atoms with van der Waals surface area (Å²) in [7, 11) is 0. The molecule has 118 valence electrons. The molecule has 0 heterocycles. The summed E-state index contributed by atoms with van der Waals surface area (Å²) in [6.45, 7) is 9.66. The van der Waals surface area contributed by atoms with Gasteiger partial charge in [0.05, 0.1) is 39.1 Å². The molecule has 0 rings (SSSR count). The number of rotatable bonds is 12. The van der Waals surface area contributed by atoms with E-state index in [-0.39, 0.29) is 12.7 Å². The molecule has 0 bridgehead atoms. The first-order valence-corrected chi connectivity index (χ1v) is 7.21. The number of aliphatic hydroxyl groups excluding tert-OH is 2. The van der Waals surface area contributed by atoms with Crippen molar-refractivity contribution >= 4 is 0 Å².